The van der Waals surface area contributed by atoms with Gasteiger partial charge in [0.2, 0.25) is 0 Å². The van der Waals surface area contributed by atoms with E-state index in [-0.39, 0.29) is 24.7 Å². The molecule has 35 heavy (non-hydrogen) atoms. The summed E-state index contributed by atoms with van der Waals surface area (Å²) in [6, 6.07) is 12.8. The lowest BCUT2D eigenvalue weighted by atomic mass is 10.1. The lowest BCUT2D eigenvalue weighted by Crippen LogP contribution is -2.42. The summed E-state index contributed by atoms with van der Waals surface area (Å²) >= 11 is 0. The third-order valence-corrected chi connectivity index (χ3v) is 5.95. The van der Waals surface area contributed by atoms with Gasteiger partial charge in [0, 0.05) is 12.1 Å². The third-order valence-electron chi connectivity index (χ3n) is 5.95. The number of nitrogens with one attached hydrogen (secondary N) is 1. The highest BCUT2D eigenvalue weighted by atomic mass is 16.5. The van der Waals surface area contributed by atoms with Crippen LogP contribution in [0.25, 0.3) is 0 Å². The van der Waals surface area contributed by atoms with Crippen LogP contribution in [0.2, 0.25) is 0 Å². The second-order valence-corrected chi connectivity index (χ2v) is 8.28. The number of carbonyl (C=O) groups is 1. The number of nitrogens with zero attached hydrogens (tertiary/aromatic N) is 2. The van der Waals surface area contributed by atoms with Gasteiger partial charge in [0.25, 0.3) is 11.5 Å². The molecule has 2 aromatic carbocycles. The number of aromatic amines is 1. The van der Waals surface area contributed by atoms with Crippen LogP contribution in [0.5, 0.6) is 11.5 Å². The summed E-state index contributed by atoms with van der Waals surface area (Å²) in [6.45, 7) is 5.84. The summed E-state index contributed by atoms with van der Waals surface area (Å²) in [7, 11) is 1.53. The Balaban J connectivity index is 2.05. The summed E-state index contributed by atoms with van der Waals surface area (Å²) in [4.78, 5) is 42.4. The monoisotopic (exact) mass is 480 g/mol. The van der Waals surface area contributed by atoms with Crippen molar-refractivity contribution in [3.05, 3.63) is 80.0 Å². The van der Waals surface area contributed by atoms with Gasteiger partial charge >= 0.3 is 5.69 Å². The minimum absolute atomic E-state index is 0.00172. The SMILES string of the molecule is CCCCn1c(N)c(N(Cc2ccccc2OC)C(=O)COc2cccc(C)c2C)c(=O)[nH]c1=O. The van der Waals surface area contributed by atoms with Gasteiger partial charge in [-0.15, -0.1) is 0 Å². The van der Waals surface area contributed by atoms with Gasteiger partial charge in [-0.05, 0) is 43.5 Å². The first kappa shape index (κ1) is 25.6. The highest BCUT2D eigenvalue weighted by Gasteiger charge is 2.26. The summed E-state index contributed by atoms with van der Waals surface area (Å²) in [6.07, 6.45) is 1.51. The fourth-order valence-corrected chi connectivity index (χ4v) is 3.77. The number of benzene rings is 2. The molecule has 1 amide bonds. The Morgan fingerprint density at radius 3 is 2.51 bits per heavy atom. The van der Waals surface area contributed by atoms with Crippen LogP contribution in [0.4, 0.5) is 11.5 Å². The summed E-state index contributed by atoms with van der Waals surface area (Å²) in [5.41, 5.74) is 7.49. The van der Waals surface area contributed by atoms with Gasteiger partial charge in [-0.2, -0.15) is 0 Å². The molecule has 0 spiro atoms. The average Bonchev–Trinajstić information content (AvgIpc) is 2.84. The Morgan fingerprint density at radius 1 is 1.09 bits per heavy atom. The van der Waals surface area contributed by atoms with E-state index in [0.29, 0.717) is 30.0 Å². The van der Waals surface area contributed by atoms with Gasteiger partial charge in [-0.3, -0.25) is 24.0 Å². The molecule has 0 aliphatic carbocycles. The van der Waals surface area contributed by atoms with E-state index in [1.807, 2.05) is 45.0 Å². The van der Waals surface area contributed by atoms with E-state index in [1.165, 1.54) is 16.6 Å². The number of carbonyl (C=O) groups excluding carboxylic acids is 1. The molecule has 9 heteroatoms. The molecule has 3 aromatic rings. The lowest BCUT2D eigenvalue weighted by Gasteiger charge is -2.25. The van der Waals surface area contributed by atoms with E-state index in [0.717, 1.165) is 17.5 Å². The molecule has 0 radical (unpaired) electrons. The number of unbranched alkanes of at least 4 members (excludes halogenated alkanes) is 1. The molecule has 9 nitrogen and oxygen atoms in total. The van der Waals surface area contributed by atoms with Gasteiger partial charge in [-0.25, -0.2) is 4.79 Å². The Hall–Kier alpha value is -4.01. The number of H-pyrrole nitrogens is 1. The number of aromatic nitrogens is 2. The summed E-state index contributed by atoms with van der Waals surface area (Å²) < 4.78 is 12.6. The molecular formula is C26H32N4O5. The molecule has 0 fully saturated rings. The predicted molar refractivity (Wildman–Crippen MR) is 136 cm³/mol. The first-order chi connectivity index (χ1) is 16.8. The predicted octanol–water partition coefficient (Wildman–Crippen LogP) is 3.16. The van der Waals surface area contributed by atoms with E-state index in [2.05, 4.69) is 4.98 Å². The quantitative estimate of drug-likeness (QED) is 0.460. The number of anilines is 2. The molecule has 1 heterocycles. The molecule has 0 atom stereocenters. The van der Waals surface area contributed by atoms with Gasteiger partial charge in [0.05, 0.1) is 13.7 Å². The highest BCUT2D eigenvalue weighted by Crippen LogP contribution is 2.26. The van der Waals surface area contributed by atoms with Gasteiger partial charge in [0.15, 0.2) is 12.3 Å². The van der Waals surface area contributed by atoms with Crippen molar-refractivity contribution in [2.45, 2.75) is 46.7 Å². The zero-order chi connectivity index (χ0) is 25.5. The van der Waals surface area contributed by atoms with E-state index in [9.17, 15) is 14.4 Å². The van der Waals surface area contributed by atoms with Crippen molar-refractivity contribution in [3.8, 4) is 11.5 Å². The lowest BCUT2D eigenvalue weighted by molar-refractivity contribution is -0.120. The first-order valence-electron chi connectivity index (χ1n) is 11.5. The molecular weight excluding hydrogens is 448 g/mol. The molecule has 0 saturated carbocycles. The second-order valence-electron chi connectivity index (χ2n) is 8.28. The normalized spacial score (nSPS) is 10.7. The Kier molecular flexibility index (Phi) is 8.35. The van der Waals surface area contributed by atoms with Crippen LogP contribution in [0.3, 0.4) is 0 Å². The number of nitrogens with two attached hydrogens (primary N) is 1. The van der Waals surface area contributed by atoms with Crippen molar-refractivity contribution >= 4 is 17.4 Å². The van der Waals surface area contributed by atoms with Crippen LogP contribution < -0.4 is 31.4 Å². The Morgan fingerprint density at radius 2 is 1.80 bits per heavy atom. The van der Waals surface area contributed by atoms with Crippen molar-refractivity contribution in [3.63, 3.8) is 0 Å². The maximum absolute atomic E-state index is 13.5. The van der Waals surface area contributed by atoms with E-state index < -0.39 is 17.2 Å². The standard InChI is InChI=1S/C26H32N4O5/c1-5-6-14-29-24(27)23(25(32)28-26(29)33)30(15-19-11-7-8-12-21(19)34-4)22(31)16-35-20-13-9-10-17(2)18(20)3/h7-13H,5-6,14-16,27H2,1-4H3,(H,28,32,33). The smallest absolute Gasteiger partial charge is 0.330 e. The number of aryl methyl sites for hydroxylation is 1. The minimum atomic E-state index is -0.741. The maximum Gasteiger partial charge on any atom is 0.330 e. The molecule has 0 unspecified atom stereocenters. The largest absolute Gasteiger partial charge is 0.496 e. The van der Waals surface area contributed by atoms with Crippen molar-refractivity contribution in [1.29, 1.82) is 0 Å². The molecule has 0 saturated heterocycles. The molecule has 0 aliphatic rings. The zero-order valence-electron chi connectivity index (χ0n) is 20.6. The van der Waals surface area contributed by atoms with Crippen LogP contribution in [0.15, 0.2) is 52.1 Å². The number of hydrogen-bond acceptors (Lipinski definition) is 6. The number of para-hydroxylation sites is 1. The van der Waals surface area contributed by atoms with Gasteiger partial charge < -0.3 is 15.2 Å². The molecule has 186 valence electrons. The van der Waals surface area contributed by atoms with Crippen LogP contribution in [0, 0.1) is 13.8 Å². The minimum Gasteiger partial charge on any atom is -0.496 e. The van der Waals surface area contributed by atoms with E-state index >= 15 is 0 Å². The molecule has 3 rings (SSSR count). The number of hydrogen-bond donors (Lipinski definition) is 2. The topological polar surface area (TPSA) is 120 Å². The third kappa shape index (κ3) is 5.74. The van der Waals surface area contributed by atoms with Crippen LogP contribution in [0.1, 0.15) is 36.5 Å². The van der Waals surface area contributed by atoms with E-state index in [4.69, 9.17) is 15.2 Å². The number of methoxy groups -OCH3 is 1. The van der Waals surface area contributed by atoms with Crippen molar-refractivity contribution in [1.82, 2.24) is 9.55 Å². The molecule has 0 aliphatic heterocycles. The molecule has 3 N–H and O–H groups in total. The fourth-order valence-electron chi connectivity index (χ4n) is 3.77. The number of rotatable bonds is 10. The number of amides is 1. The summed E-state index contributed by atoms with van der Waals surface area (Å²) in [5, 5.41) is 0. The number of ether oxygens (including phenoxy) is 2. The van der Waals surface area contributed by atoms with Crippen LogP contribution in [-0.2, 0) is 17.9 Å². The number of nitrogen functional groups attached to an aromatic ring is 1. The maximum atomic E-state index is 13.5. The van der Waals surface area contributed by atoms with E-state index in [1.54, 1.807) is 18.2 Å². The van der Waals surface area contributed by atoms with Crippen molar-refractivity contribution in [2.24, 2.45) is 0 Å². The summed E-state index contributed by atoms with van der Waals surface area (Å²) in [5.74, 6) is 0.567. The van der Waals surface area contributed by atoms with Crippen molar-refractivity contribution < 1.29 is 14.3 Å². The Labute approximate surface area is 204 Å². The fraction of sp³-hybridized carbons (Fsp3) is 0.346. The second kappa shape index (κ2) is 11.4. The Bertz CT molecular complexity index is 1310. The zero-order valence-corrected chi connectivity index (χ0v) is 20.6. The first-order valence-corrected chi connectivity index (χ1v) is 11.5. The highest BCUT2D eigenvalue weighted by molar-refractivity contribution is 5.96. The average molecular weight is 481 g/mol. The van der Waals surface area contributed by atoms with Crippen molar-refractivity contribution in [2.75, 3.05) is 24.4 Å². The van der Waals surface area contributed by atoms with Crippen LogP contribution in [-0.4, -0.2) is 29.2 Å². The van der Waals surface area contributed by atoms with Crippen LogP contribution >= 0.6 is 0 Å². The molecule has 1 aromatic heterocycles. The molecule has 0 bridgehead atoms. The van der Waals surface area contributed by atoms with Gasteiger partial charge in [0.1, 0.15) is 17.3 Å². The van der Waals surface area contributed by atoms with Gasteiger partial charge in [-0.1, -0.05) is 43.7 Å².